The molecule has 1 aliphatic heterocycles. The Bertz CT molecular complexity index is 384. The van der Waals surface area contributed by atoms with Crippen LogP contribution in [0.25, 0.3) is 0 Å². The van der Waals surface area contributed by atoms with Crippen LogP contribution in [0.4, 0.5) is 5.69 Å². The van der Waals surface area contributed by atoms with E-state index in [1.807, 2.05) is 13.0 Å². The number of rotatable bonds is 4. The highest BCUT2D eigenvalue weighted by Crippen LogP contribution is 2.20. The van der Waals surface area contributed by atoms with E-state index in [9.17, 15) is 0 Å². The molecule has 0 aromatic heterocycles. The Morgan fingerprint density at radius 2 is 2.06 bits per heavy atom. The van der Waals surface area contributed by atoms with Crippen LogP contribution >= 0.6 is 11.6 Å². The predicted molar refractivity (Wildman–Crippen MR) is 79.5 cm³/mol. The fourth-order valence-corrected chi connectivity index (χ4v) is 2.53. The Labute approximate surface area is 115 Å². The minimum absolute atomic E-state index is 0.840. The van der Waals surface area contributed by atoms with Gasteiger partial charge < -0.3 is 10.2 Å². The zero-order valence-corrected chi connectivity index (χ0v) is 12.1. The number of hydrogen-bond acceptors (Lipinski definition) is 2. The number of likely N-dealkylation sites (tertiary alicyclic amines) is 1. The van der Waals surface area contributed by atoms with Gasteiger partial charge in [0.15, 0.2) is 0 Å². The van der Waals surface area contributed by atoms with Gasteiger partial charge in [-0.25, -0.2) is 0 Å². The molecule has 0 bridgehead atoms. The lowest BCUT2D eigenvalue weighted by Crippen LogP contribution is -2.36. The zero-order valence-electron chi connectivity index (χ0n) is 11.4. The van der Waals surface area contributed by atoms with Crippen LogP contribution in [0.5, 0.6) is 0 Å². The van der Waals surface area contributed by atoms with Gasteiger partial charge in [-0.3, -0.25) is 0 Å². The first-order valence-corrected chi connectivity index (χ1v) is 7.25. The maximum atomic E-state index is 6.11. The minimum atomic E-state index is 0.840. The van der Waals surface area contributed by atoms with Gasteiger partial charge in [-0.1, -0.05) is 24.6 Å². The lowest BCUT2D eigenvalue weighted by Gasteiger charge is -2.30. The average Bonchev–Trinajstić information content (AvgIpc) is 2.36. The quantitative estimate of drug-likeness (QED) is 0.892. The molecule has 3 heteroatoms. The molecule has 1 fully saturated rings. The van der Waals surface area contributed by atoms with Gasteiger partial charge in [0.05, 0.1) is 0 Å². The predicted octanol–water partition coefficient (Wildman–Crippen LogP) is 3.79. The summed E-state index contributed by atoms with van der Waals surface area (Å²) in [5, 5.41) is 4.28. The molecule has 1 aromatic rings. The second kappa shape index (κ2) is 6.44. The number of aryl methyl sites for hydroxylation is 1. The summed E-state index contributed by atoms with van der Waals surface area (Å²) in [7, 11) is 0. The van der Waals surface area contributed by atoms with Crippen LogP contribution in [0.3, 0.4) is 0 Å². The number of nitrogens with zero attached hydrogens (tertiary/aromatic N) is 1. The largest absolute Gasteiger partial charge is 0.384 e. The first-order chi connectivity index (χ1) is 8.65. The summed E-state index contributed by atoms with van der Waals surface area (Å²) in [4.78, 5) is 2.54. The Morgan fingerprint density at radius 3 is 2.72 bits per heavy atom. The van der Waals surface area contributed by atoms with E-state index in [0.29, 0.717) is 0 Å². The van der Waals surface area contributed by atoms with Crippen molar-refractivity contribution in [3.05, 3.63) is 28.8 Å². The van der Waals surface area contributed by atoms with Gasteiger partial charge in [0.2, 0.25) is 0 Å². The highest BCUT2D eigenvalue weighted by Gasteiger charge is 2.14. The summed E-state index contributed by atoms with van der Waals surface area (Å²) in [6.07, 6.45) is 2.69. The molecule has 1 aromatic carbocycles. The van der Waals surface area contributed by atoms with Crippen molar-refractivity contribution >= 4 is 17.3 Å². The van der Waals surface area contributed by atoms with Crippen LogP contribution in [0.2, 0.25) is 5.02 Å². The van der Waals surface area contributed by atoms with E-state index in [4.69, 9.17) is 11.6 Å². The number of piperidine rings is 1. The molecule has 1 heterocycles. The third kappa shape index (κ3) is 3.89. The molecule has 0 amide bonds. The monoisotopic (exact) mass is 266 g/mol. The summed E-state index contributed by atoms with van der Waals surface area (Å²) in [5.41, 5.74) is 2.25. The Balaban J connectivity index is 1.73. The smallest absolute Gasteiger partial charge is 0.0455 e. The van der Waals surface area contributed by atoms with E-state index in [1.54, 1.807) is 0 Å². The molecular formula is C15H23ClN2. The standard InChI is InChI=1S/C15H23ClN2/c1-12-5-8-18(9-6-12)10-7-17-14-4-3-13(2)15(16)11-14/h3-4,11-12,17H,5-10H2,1-2H3. The molecule has 0 unspecified atom stereocenters. The van der Waals surface area contributed by atoms with Crippen molar-refractivity contribution in [3.8, 4) is 0 Å². The summed E-state index contributed by atoms with van der Waals surface area (Å²) in [6.45, 7) is 8.99. The molecular weight excluding hydrogens is 244 g/mol. The van der Waals surface area contributed by atoms with Crippen LogP contribution in [0, 0.1) is 12.8 Å². The molecule has 0 radical (unpaired) electrons. The van der Waals surface area contributed by atoms with Gasteiger partial charge in [-0.05, 0) is 56.5 Å². The fourth-order valence-electron chi connectivity index (χ4n) is 2.35. The second-order valence-corrected chi connectivity index (χ2v) is 5.82. The maximum Gasteiger partial charge on any atom is 0.0455 e. The van der Waals surface area contributed by atoms with Gasteiger partial charge in [-0.2, -0.15) is 0 Å². The molecule has 1 N–H and O–H groups in total. The minimum Gasteiger partial charge on any atom is -0.384 e. The van der Waals surface area contributed by atoms with Crippen molar-refractivity contribution in [2.75, 3.05) is 31.5 Å². The molecule has 2 nitrogen and oxygen atoms in total. The molecule has 0 atom stereocenters. The van der Waals surface area contributed by atoms with Crippen molar-refractivity contribution < 1.29 is 0 Å². The van der Waals surface area contributed by atoms with Crippen LogP contribution < -0.4 is 5.32 Å². The summed E-state index contributed by atoms with van der Waals surface area (Å²) in [5.74, 6) is 0.908. The normalized spacial score (nSPS) is 17.9. The van der Waals surface area contributed by atoms with Crippen molar-refractivity contribution in [3.63, 3.8) is 0 Å². The molecule has 0 saturated carbocycles. The first-order valence-electron chi connectivity index (χ1n) is 6.87. The van der Waals surface area contributed by atoms with Gasteiger partial charge in [-0.15, -0.1) is 0 Å². The van der Waals surface area contributed by atoms with Crippen LogP contribution in [0.15, 0.2) is 18.2 Å². The number of anilines is 1. The topological polar surface area (TPSA) is 15.3 Å². The summed E-state index contributed by atoms with van der Waals surface area (Å²) < 4.78 is 0. The third-order valence-electron chi connectivity index (χ3n) is 3.81. The molecule has 1 saturated heterocycles. The SMILES string of the molecule is Cc1ccc(NCCN2CCC(C)CC2)cc1Cl. The average molecular weight is 267 g/mol. The zero-order chi connectivity index (χ0) is 13.0. The summed E-state index contributed by atoms with van der Waals surface area (Å²) >= 11 is 6.11. The second-order valence-electron chi connectivity index (χ2n) is 5.41. The highest BCUT2D eigenvalue weighted by molar-refractivity contribution is 6.31. The molecule has 18 heavy (non-hydrogen) atoms. The van der Waals surface area contributed by atoms with Crippen LogP contribution in [-0.4, -0.2) is 31.1 Å². The van der Waals surface area contributed by atoms with E-state index < -0.39 is 0 Å². The Kier molecular flexibility index (Phi) is 4.90. The van der Waals surface area contributed by atoms with Crippen molar-refractivity contribution in [1.29, 1.82) is 0 Å². The molecule has 1 aliphatic rings. The third-order valence-corrected chi connectivity index (χ3v) is 4.21. The van der Waals surface area contributed by atoms with E-state index >= 15 is 0 Å². The lowest BCUT2D eigenvalue weighted by molar-refractivity contribution is 0.199. The van der Waals surface area contributed by atoms with Crippen LogP contribution in [0.1, 0.15) is 25.3 Å². The number of halogens is 1. The van der Waals surface area contributed by atoms with E-state index in [2.05, 4.69) is 29.3 Å². The molecule has 0 spiro atoms. The van der Waals surface area contributed by atoms with E-state index in [1.165, 1.54) is 25.9 Å². The van der Waals surface area contributed by atoms with Gasteiger partial charge in [0.1, 0.15) is 0 Å². The molecule has 0 aliphatic carbocycles. The fraction of sp³-hybridized carbons (Fsp3) is 0.600. The van der Waals surface area contributed by atoms with Gasteiger partial charge >= 0.3 is 0 Å². The van der Waals surface area contributed by atoms with E-state index in [-0.39, 0.29) is 0 Å². The number of benzene rings is 1. The Morgan fingerprint density at radius 1 is 1.33 bits per heavy atom. The number of hydrogen-bond donors (Lipinski definition) is 1. The van der Waals surface area contributed by atoms with Crippen molar-refractivity contribution in [2.24, 2.45) is 5.92 Å². The van der Waals surface area contributed by atoms with Crippen molar-refractivity contribution in [2.45, 2.75) is 26.7 Å². The first kappa shape index (κ1) is 13.7. The lowest BCUT2D eigenvalue weighted by atomic mass is 9.99. The number of nitrogens with one attached hydrogen (secondary N) is 1. The van der Waals surface area contributed by atoms with Gasteiger partial charge in [0.25, 0.3) is 0 Å². The molecule has 2 rings (SSSR count). The Hall–Kier alpha value is -0.730. The molecule has 100 valence electrons. The van der Waals surface area contributed by atoms with E-state index in [0.717, 1.165) is 35.3 Å². The van der Waals surface area contributed by atoms with Gasteiger partial charge in [0, 0.05) is 23.8 Å². The van der Waals surface area contributed by atoms with Crippen LogP contribution in [-0.2, 0) is 0 Å². The summed E-state index contributed by atoms with van der Waals surface area (Å²) in [6, 6.07) is 6.17. The maximum absolute atomic E-state index is 6.11. The van der Waals surface area contributed by atoms with Crippen molar-refractivity contribution in [1.82, 2.24) is 4.90 Å². The highest BCUT2D eigenvalue weighted by atomic mass is 35.5.